The molecule has 0 fully saturated rings. The molecule has 0 saturated heterocycles. The molecule has 0 spiro atoms. The molecule has 1 rings (SSSR count). The van der Waals surface area contributed by atoms with Crippen LogP contribution in [0, 0.1) is 0 Å². The number of carbonyl (C=O) groups excluding carboxylic acids is 2. The van der Waals surface area contributed by atoms with Crippen LogP contribution in [0.1, 0.15) is 11.1 Å². The van der Waals surface area contributed by atoms with E-state index in [9.17, 15) is 9.59 Å². The van der Waals surface area contributed by atoms with Gasteiger partial charge in [-0.05, 0) is 23.2 Å². The van der Waals surface area contributed by atoms with E-state index in [0.717, 1.165) is 28.3 Å². The van der Waals surface area contributed by atoms with Gasteiger partial charge in [0, 0.05) is 16.1 Å². The van der Waals surface area contributed by atoms with Crippen LogP contribution in [0.3, 0.4) is 0 Å². The van der Waals surface area contributed by atoms with Crippen molar-refractivity contribution >= 4 is 34.5 Å². The Hall–Kier alpha value is -2.07. The normalized spacial score (nSPS) is 11.5. The van der Waals surface area contributed by atoms with Crippen molar-refractivity contribution in [2.24, 2.45) is 0 Å². The van der Waals surface area contributed by atoms with Crippen LogP contribution in [0.15, 0.2) is 30.8 Å². The Morgan fingerprint density at radius 1 is 0.966 bits per heavy atom. The second-order valence-corrected chi connectivity index (χ2v) is 20.6. The third-order valence-corrected chi connectivity index (χ3v) is 7.54. The average Bonchev–Trinajstić information content (AvgIpc) is 2.59. The van der Waals surface area contributed by atoms with E-state index < -0.39 is 28.4 Å². The van der Waals surface area contributed by atoms with Crippen LogP contribution < -0.4 is 0 Å². The minimum absolute atomic E-state index is 0.0527. The zero-order valence-corrected chi connectivity index (χ0v) is 20.6. The average molecular weight is 438 g/mol. The maximum Gasteiger partial charge on any atom is 0.533 e. The summed E-state index contributed by atoms with van der Waals surface area (Å²) in [6.07, 6.45) is 0.0850. The van der Waals surface area contributed by atoms with Crippen LogP contribution in [-0.4, -0.2) is 46.7 Å². The summed E-state index contributed by atoms with van der Waals surface area (Å²) in [6.45, 7) is 17.6. The van der Waals surface area contributed by atoms with Crippen LogP contribution in [0.2, 0.25) is 51.4 Å². The molecule has 162 valence electrons. The lowest BCUT2D eigenvalue weighted by Crippen LogP contribution is -2.35. The summed E-state index contributed by atoms with van der Waals surface area (Å²) >= 11 is 0. The van der Waals surface area contributed by atoms with Crippen molar-refractivity contribution in [2.45, 2.75) is 57.9 Å². The Bertz CT molecular complexity index is 695. The zero-order valence-electron chi connectivity index (χ0n) is 18.6. The third-order valence-electron chi connectivity index (χ3n) is 4.13. The quantitative estimate of drug-likeness (QED) is 0.269. The van der Waals surface area contributed by atoms with Gasteiger partial charge in [-0.25, -0.2) is 9.59 Å². The number of ether oxygens (including phenoxy) is 2. The van der Waals surface area contributed by atoms with E-state index in [-0.39, 0.29) is 13.2 Å². The SMILES string of the molecule is C=Cc1ccccc1CN(OC(=O)OCC[Si](C)(C)C)C(=O)OCC[Si](C)(C)C. The molecule has 0 aromatic heterocycles. The smallest absolute Gasteiger partial charge is 0.448 e. The molecule has 0 heterocycles. The summed E-state index contributed by atoms with van der Waals surface area (Å²) in [5.41, 5.74) is 1.64. The summed E-state index contributed by atoms with van der Waals surface area (Å²) in [6, 6.07) is 9.10. The van der Waals surface area contributed by atoms with Crippen molar-refractivity contribution in [2.75, 3.05) is 13.2 Å². The molecule has 6 nitrogen and oxygen atoms in total. The van der Waals surface area contributed by atoms with Crippen LogP contribution in [-0.2, 0) is 20.9 Å². The van der Waals surface area contributed by atoms with Crippen LogP contribution in [0.25, 0.3) is 6.08 Å². The first-order valence-corrected chi connectivity index (χ1v) is 17.3. The summed E-state index contributed by atoms with van der Waals surface area (Å²) in [4.78, 5) is 29.9. The number of benzene rings is 1. The molecule has 1 aromatic carbocycles. The molecule has 0 aliphatic heterocycles. The van der Waals surface area contributed by atoms with Crippen LogP contribution in [0.5, 0.6) is 0 Å². The number of hydroxylamine groups is 2. The highest BCUT2D eigenvalue weighted by Crippen LogP contribution is 2.16. The van der Waals surface area contributed by atoms with E-state index in [1.54, 1.807) is 6.08 Å². The summed E-state index contributed by atoms with van der Waals surface area (Å²) in [5, 5.41) is 0.920. The van der Waals surface area contributed by atoms with Gasteiger partial charge in [-0.1, -0.05) is 76.2 Å². The number of hydrogen-bond donors (Lipinski definition) is 0. The third kappa shape index (κ3) is 10.9. The number of amides is 1. The van der Waals surface area contributed by atoms with Gasteiger partial charge in [0.1, 0.15) is 0 Å². The van der Waals surface area contributed by atoms with E-state index in [1.165, 1.54) is 0 Å². The monoisotopic (exact) mass is 437 g/mol. The summed E-state index contributed by atoms with van der Waals surface area (Å²) in [7, 11) is -2.69. The zero-order chi connectivity index (χ0) is 22.1. The molecule has 0 aliphatic rings. The minimum Gasteiger partial charge on any atom is -0.448 e. The molecule has 1 amide bonds. The molecular formula is C21H35NO5Si2. The van der Waals surface area contributed by atoms with Gasteiger partial charge in [0.25, 0.3) is 0 Å². The summed E-state index contributed by atoms with van der Waals surface area (Å²) in [5.74, 6) is 0. The molecule has 0 saturated carbocycles. The van der Waals surface area contributed by atoms with E-state index in [0.29, 0.717) is 6.61 Å². The molecular weight excluding hydrogens is 402 g/mol. The van der Waals surface area contributed by atoms with Gasteiger partial charge >= 0.3 is 12.2 Å². The topological polar surface area (TPSA) is 65.1 Å². The lowest BCUT2D eigenvalue weighted by atomic mass is 10.1. The van der Waals surface area contributed by atoms with Crippen molar-refractivity contribution in [1.29, 1.82) is 0 Å². The summed E-state index contributed by atoms with van der Waals surface area (Å²) < 4.78 is 10.5. The van der Waals surface area contributed by atoms with Gasteiger partial charge in [-0.15, -0.1) is 5.06 Å². The molecule has 1 aromatic rings. The predicted molar refractivity (Wildman–Crippen MR) is 122 cm³/mol. The Morgan fingerprint density at radius 2 is 1.52 bits per heavy atom. The molecule has 29 heavy (non-hydrogen) atoms. The number of nitrogens with zero attached hydrogens (tertiary/aromatic N) is 1. The molecule has 8 heteroatoms. The molecule has 0 radical (unpaired) electrons. The second-order valence-electron chi connectivity index (χ2n) is 9.36. The fourth-order valence-electron chi connectivity index (χ4n) is 2.24. The van der Waals surface area contributed by atoms with E-state index in [2.05, 4.69) is 45.9 Å². The molecule has 0 bridgehead atoms. The minimum atomic E-state index is -1.35. The lowest BCUT2D eigenvalue weighted by molar-refractivity contribution is -0.115. The largest absolute Gasteiger partial charge is 0.533 e. The Balaban J connectivity index is 2.80. The number of carbonyl (C=O) groups is 2. The van der Waals surface area contributed by atoms with Gasteiger partial charge in [0.2, 0.25) is 0 Å². The molecule has 0 atom stereocenters. The Labute approximate surface area is 176 Å². The maximum atomic E-state index is 12.6. The number of rotatable bonds is 9. The predicted octanol–water partition coefficient (Wildman–Crippen LogP) is 6.01. The Morgan fingerprint density at radius 3 is 2.07 bits per heavy atom. The van der Waals surface area contributed by atoms with Crippen molar-refractivity contribution in [3.05, 3.63) is 42.0 Å². The first-order valence-electron chi connectivity index (χ1n) is 9.91. The highest BCUT2D eigenvalue weighted by Gasteiger charge is 2.24. The first kappa shape index (κ1) is 25.0. The van der Waals surface area contributed by atoms with Crippen LogP contribution in [0.4, 0.5) is 9.59 Å². The van der Waals surface area contributed by atoms with Gasteiger partial charge < -0.3 is 9.47 Å². The van der Waals surface area contributed by atoms with Crippen molar-refractivity contribution < 1.29 is 23.9 Å². The highest BCUT2D eigenvalue weighted by atomic mass is 28.3. The Kier molecular flexibility index (Phi) is 9.65. The van der Waals surface area contributed by atoms with Crippen molar-refractivity contribution in [3.8, 4) is 0 Å². The maximum absolute atomic E-state index is 12.6. The van der Waals surface area contributed by atoms with E-state index in [4.69, 9.17) is 14.3 Å². The highest BCUT2D eigenvalue weighted by molar-refractivity contribution is 6.76. The van der Waals surface area contributed by atoms with Gasteiger partial charge in [-0.3, -0.25) is 4.84 Å². The van der Waals surface area contributed by atoms with E-state index >= 15 is 0 Å². The van der Waals surface area contributed by atoms with Gasteiger partial charge in [0.15, 0.2) is 0 Å². The van der Waals surface area contributed by atoms with Crippen molar-refractivity contribution in [1.82, 2.24) is 5.06 Å². The second kappa shape index (κ2) is 11.2. The molecule has 0 aliphatic carbocycles. The first-order chi connectivity index (χ1) is 13.4. The lowest BCUT2D eigenvalue weighted by Gasteiger charge is -2.23. The molecule has 0 N–H and O–H groups in total. The van der Waals surface area contributed by atoms with Gasteiger partial charge in [-0.2, -0.15) is 0 Å². The van der Waals surface area contributed by atoms with Crippen molar-refractivity contribution in [3.63, 3.8) is 0 Å². The number of hydrogen-bond acceptors (Lipinski definition) is 5. The fourth-order valence-corrected chi connectivity index (χ4v) is 3.67. The standard InChI is InChI=1S/C21H35NO5Si2/c1-8-18-11-9-10-12-19(18)17-22(20(23)25-13-15-28(2,3)4)27-21(24)26-14-16-29(5,6)7/h8-12H,1,13-17H2,2-7H3. The van der Waals surface area contributed by atoms with Gasteiger partial charge in [0.05, 0.1) is 19.8 Å². The van der Waals surface area contributed by atoms with E-state index in [1.807, 2.05) is 24.3 Å². The van der Waals surface area contributed by atoms with Crippen LogP contribution >= 0.6 is 0 Å². The molecule has 0 unspecified atom stereocenters. The fraction of sp³-hybridized carbons (Fsp3) is 0.524.